The molecule has 0 aromatic heterocycles. The molecule has 0 fully saturated rings. The Balaban J connectivity index is 2.10. The first-order valence-corrected chi connectivity index (χ1v) is 15.0. The van der Waals surface area contributed by atoms with E-state index in [2.05, 4.69) is 5.32 Å². The average molecular weight is 586 g/mol. The molecule has 3 aromatic rings. The van der Waals surface area contributed by atoms with Gasteiger partial charge in [-0.15, -0.1) is 0 Å². The molecular weight excluding hydrogens is 550 g/mol. The Morgan fingerprint density at radius 1 is 0.950 bits per heavy atom. The fraction of sp³-hybridized carbons (Fsp3) is 0.333. The zero-order valence-electron chi connectivity index (χ0n) is 23.4. The van der Waals surface area contributed by atoms with Gasteiger partial charge in [-0.2, -0.15) is 0 Å². The van der Waals surface area contributed by atoms with Crippen LogP contribution < -0.4 is 14.4 Å². The maximum atomic E-state index is 14.1. The molecule has 2 amide bonds. The first kappa shape index (κ1) is 31.0. The summed E-state index contributed by atoms with van der Waals surface area (Å²) in [4.78, 5) is 29.3. The number of hydrogen-bond donors (Lipinski definition) is 1. The molecule has 0 saturated heterocycles. The molecule has 0 bridgehead atoms. The normalized spacial score (nSPS) is 12.3. The van der Waals surface area contributed by atoms with E-state index >= 15 is 0 Å². The predicted molar refractivity (Wildman–Crippen MR) is 159 cm³/mol. The van der Waals surface area contributed by atoms with Crippen LogP contribution in [0.2, 0.25) is 5.02 Å². The van der Waals surface area contributed by atoms with Crippen molar-refractivity contribution >= 4 is 39.1 Å². The van der Waals surface area contributed by atoms with Gasteiger partial charge in [-0.25, -0.2) is 8.42 Å². The van der Waals surface area contributed by atoms with Gasteiger partial charge in [0.05, 0.1) is 19.1 Å². The second kappa shape index (κ2) is 13.2. The van der Waals surface area contributed by atoms with Crippen molar-refractivity contribution in [2.75, 3.05) is 24.2 Å². The van der Waals surface area contributed by atoms with Crippen LogP contribution in [-0.4, -0.2) is 56.6 Å². The number of sulfonamides is 1. The molecule has 0 aliphatic carbocycles. The van der Waals surface area contributed by atoms with E-state index < -0.39 is 34.1 Å². The van der Waals surface area contributed by atoms with Crippen LogP contribution in [0, 0.1) is 0 Å². The Hall–Kier alpha value is -3.56. The molecule has 1 atom stereocenters. The lowest BCUT2D eigenvalue weighted by molar-refractivity contribution is -0.140. The molecule has 40 heavy (non-hydrogen) atoms. The quantitative estimate of drug-likeness (QED) is 0.353. The number of nitrogens with zero attached hydrogens (tertiary/aromatic N) is 2. The maximum Gasteiger partial charge on any atom is 0.244 e. The second-order valence-corrected chi connectivity index (χ2v) is 12.9. The Kier molecular flexibility index (Phi) is 10.2. The Morgan fingerprint density at radius 3 is 2.05 bits per heavy atom. The smallest absolute Gasteiger partial charge is 0.244 e. The maximum absolute atomic E-state index is 14.1. The molecule has 214 valence electrons. The van der Waals surface area contributed by atoms with E-state index in [9.17, 15) is 18.0 Å². The van der Waals surface area contributed by atoms with Gasteiger partial charge in [-0.05, 0) is 50.1 Å². The molecule has 1 N–H and O–H groups in total. The standard InChI is InChI=1S/C30H36ClN3O5S/c1-30(2,3)32-29(36)26(18-22-12-8-6-9-13-22)33(20-23-14-10-7-11-15-23)28(35)21-34(40(5,37)38)25-19-24(31)16-17-27(25)39-4/h6-17,19,26H,18,20-21H2,1-5H3,(H,32,36). The summed E-state index contributed by atoms with van der Waals surface area (Å²) < 4.78 is 32.3. The first-order chi connectivity index (χ1) is 18.8. The summed E-state index contributed by atoms with van der Waals surface area (Å²) in [6.07, 6.45) is 1.25. The van der Waals surface area contributed by atoms with Gasteiger partial charge >= 0.3 is 0 Å². The van der Waals surface area contributed by atoms with Crippen LogP contribution >= 0.6 is 11.6 Å². The van der Waals surface area contributed by atoms with Crippen molar-refractivity contribution in [1.29, 1.82) is 0 Å². The van der Waals surface area contributed by atoms with Gasteiger partial charge < -0.3 is 15.0 Å². The van der Waals surface area contributed by atoms with E-state index in [-0.39, 0.29) is 35.3 Å². The van der Waals surface area contributed by atoms with Gasteiger partial charge in [0.1, 0.15) is 18.3 Å². The molecule has 1 unspecified atom stereocenters. The highest BCUT2D eigenvalue weighted by Gasteiger charge is 2.35. The zero-order chi connectivity index (χ0) is 29.5. The number of anilines is 1. The predicted octanol–water partition coefficient (Wildman–Crippen LogP) is 4.67. The van der Waals surface area contributed by atoms with Crippen LogP contribution in [0.25, 0.3) is 0 Å². The summed E-state index contributed by atoms with van der Waals surface area (Å²) >= 11 is 6.19. The molecule has 0 aliphatic rings. The summed E-state index contributed by atoms with van der Waals surface area (Å²) in [6, 6.07) is 22.3. The number of hydrogen-bond acceptors (Lipinski definition) is 5. The third-order valence-electron chi connectivity index (χ3n) is 6.05. The number of ether oxygens (including phenoxy) is 1. The highest BCUT2D eigenvalue weighted by atomic mass is 35.5. The van der Waals surface area contributed by atoms with E-state index in [1.807, 2.05) is 81.4 Å². The fourth-order valence-electron chi connectivity index (χ4n) is 4.24. The van der Waals surface area contributed by atoms with Gasteiger partial charge in [0.25, 0.3) is 0 Å². The van der Waals surface area contributed by atoms with Gasteiger partial charge in [0, 0.05) is 23.5 Å². The van der Waals surface area contributed by atoms with Crippen LogP contribution in [0.4, 0.5) is 5.69 Å². The largest absolute Gasteiger partial charge is 0.495 e. The third-order valence-corrected chi connectivity index (χ3v) is 7.42. The van der Waals surface area contributed by atoms with Crippen molar-refractivity contribution in [3.63, 3.8) is 0 Å². The van der Waals surface area contributed by atoms with Crippen molar-refractivity contribution < 1.29 is 22.7 Å². The van der Waals surface area contributed by atoms with E-state index in [1.54, 1.807) is 6.07 Å². The SMILES string of the molecule is COc1ccc(Cl)cc1N(CC(=O)N(Cc1ccccc1)C(Cc1ccccc1)C(=O)NC(C)(C)C)S(C)(=O)=O. The summed E-state index contributed by atoms with van der Waals surface area (Å²) in [5.74, 6) is -0.656. The van der Waals surface area contributed by atoms with E-state index in [0.717, 1.165) is 21.7 Å². The molecule has 3 aromatic carbocycles. The lowest BCUT2D eigenvalue weighted by Gasteiger charge is -2.35. The molecule has 0 saturated carbocycles. The van der Waals surface area contributed by atoms with Crippen LogP contribution in [-0.2, 0) is 32.6 Å². The fourth-order valence-corrected chi connectivity index (χ4v) is 5.25. The Morgan fingerprint density at radius 2 is 1.52 bits per heavy atom. The number of carbonyl (C=O) groups excluding carboxylic acids is 2. The van der Waals surface area contributed by atoms with Gasteiger partial charge in [-0.3, -0.25) is 13.9 Å². The summed E-state index contributed by atoms with van der Waals surface area (Å²) in [5.41, 5.74) is 1.23. The highest BCUT2D eigenvalue weighted by Crippen LogP contribution is 2.33. The van der Waals surface area contributed by atoms with Crippen molar-refractivity contribution in [1.82, 2.24) is 10.2 Å². The third kappa shape index (κ3) is 8.72. The van der Waals surface area contributed by atoms with Gasteiger partial charge in [0.15, 0.2) is 0 Å². The molecule has 8 nitrogen and oxygen atoms in total. The molecular formula is C30H36ClN3O5S. The van der Waals surface area contributed by atoms with Gasteiger partial charge in [-0.1, -0.05) is 72.3 Å². The van der Waals surface area contributed by atoms with E-state index in [0.29, 0.717) is 0 Å². The molecule has 0 radical (unpaired) electrons. The minimum atomic E-state index is -3.96. The summed E-state index contributed by atoms with van der Waals surface area (Å²) in [6.45, 7) is 5.13. The minimum absolute atomic E-state index is 0.0962. The van der Waals surface area contributed by atoms with Crippen LogP contribution in [0.3, 0.4) is 0 Å². The van der Waals surface area contributed by atoms with Crippen LogP contribution in [0.1, 0.15) is 31.9 Å². The van der Waals surface area contributed by atoms with Crippen molar-refractivity contribution in [2.45, 2.75) is 45.3 Å². The number of amides is 2. The highest BCUT2D eigenvalue weighted by molar-refractivity contribution is 7.92. The summed E-state index contributed by atoms with van der Waals surface area (Å²) in [5, 5.41) is 3.28. The molecule has 0 aliphatic heterocycles. The monoisotopic (exact) mass is 585 g/mol. The molecule has 0 heterocycles. The second-order valence-electron chi connectivity index (χ2n) is 10.5. The lowest BCUT2D eigenvalue weighted by atomic mass is 10.0. The number of rotatable bonds is 11. The number of carbonyl (C=O) groups is 2. The Bertz CT molecular complexity index is 1410. The molecule has 0 spiro atoms. The number of nitrogens with one attached hydrogen (secondary N) is 1. The van der Waals surface area contributed by atoms with Crippen LogP contribution in [0.15, 0.2) is 78.9 Å². The van der Waals surface area contributed by atoms with Crippen LogP contribution in [0.5, 0.6) is 5.75 Å². The zero-order valence-corrected chi connectivity index (χ0v) is 25.0. The minimum Gasteiger partial charge on any atom is -0.495 e. The van der Waals surface area contributed by atoms with Crippen molar-refractivity contribution in [2.24, 2.45) is 0 Å². The van der Waals surface area contributed by atoms with Gasteiger partial charge in [0.2, 0.25) is 21.8 Å². The Labute approximate surface area is 241 Å². The number of halogens is 1. The number of benzene rings is 3. The lowest BCUT2D eigenvalue weighted by Crippen LogP contribution is -2.56. The summed E-state index contributed by atoms with van der Waals surface area (Å²) in [7, 11) is -2.55. The van der Waals surface area contributed by atoms with E-state index in [4.69, 9.17) is 16.3 Å². The molecule has 10 heteroatoms. The number of methoxy groups -OCH3 is 1. The van der Waals surface area contributed by atoms with Crippen molar-refractivity contribution in [3.8, 4) is 5.75 Å². The van der Waals surface area contributed by atoms with Crippen molar-refractivity contribution in [3.05, 3.63) is 95.0 Å². The average Bonchev–Trinajstić information content (AvgIpc) is 2.88. The molecule has 3 rings (SSSR count). The van der Waals surface area contributed by atoms with E-state index in [1.165, 1.54) is 24.1 Å². The topological polar surface area (TPSA) is 96.0 Å². The first-order valence-electron chi connectivity index (χ1n) is 12.8.